The van der Waals surface area contributed by atoms with E-state index in [1.807, 2.05) is 44.7 Å². The van der Waals surface area contributed by atoms with E-state index < -0.39 is 15.3 Å². The van der Waals surface area contributed by atoms with Crippen molar-refractivity contribution in [3.8, 4) is 0 Å². The number of hydrogen-bond donors (Lipinski definition) is 0. The van der Waals surface area contributed by atoms with E-state index in [-0.39, 0.29) is 28.7 Å². The van der Waals surface area contributed by atoms with Crippen molar-refractivity contribution in [2.45, 2.75) is 39.0 Å². The van der Waals surface area contributed by atoms with Gasteiger partial charge < -0.3 is 4.90 Å². The van der Waals surface area contributed by atoms with Crippen LogP contribution in [0.2, 0.25) is 5.02 Å². The zero-order valence-electron chi connectivity index (χ0n) is 14.6. The molecule has 0 aromatic heterocycles. The first-order valence-corrected chi connectivity index (χ1v) is 11.1. The number of carbonyl (C=O) groups excluding carboxylic acids is 1. The minimum Gasteiger partial charge on any atom is -0.315 e. The predicted octanol–water partition coefficient (Wildman–Crippen LogP) is 3.30. The van der Waals surface area contributed by atoms with Crippen molar-refractivity contribution in [3.05, 3.63) is 28.8 Å². The molecule has 5 nitrogen and oxygen atoms in total. The fourth-order valence-corrected chi connectivity index (χ4v) is 7.01. The largest absolute Gasteiger partial charge is 0.315 e. The summed E-state index contributed by atoms with van der Waals surface area (Å²) < 4.78 is 24.2. The number of rotatable bonds is 1. The monoisotopic (exact) mass is 400 g/mol. The van der Waals surface area contributed by atoms with Gasteiger partial charge in [-0.15, -0.1) is 0 Å². The van der Waals surface area contributed by atoms with Gasteiger partial charge in [-0.1, -0.05) is 50.2 Å². The highest BCUT2D eigenvalue weighted by Gasteiger charge is 2.49. The number of aryl methyl sites for hydroxylation is 1. The summed E-state index contributed by atoms with van der Waals surface area (Å²) in [5.41, 5.74) is 1.18. The summed E-state index contributed by atoms with van der Waals surface area (Å²) >= 11 is 7.54. The number of carbonyl (C=O) groups is 1. The van der Waals surface area contributed by atoms with Gasteiger partial charge in [0.05, 0.1) is 17.5 Å². The molecule has 1 aromatic carbocycles. The van der Waals surface area contributed by atoms with E-state index in [1.54, 1.807) is 6.07 Å². The first-order valence-electron chi connectivity index (χ1n) is 8.03. The van der Waals surface area contributed by atoms with Crippen LogP contribution in [0.15, 0.2) is 23.2 Å². The van der Waals surface area contributed by atoms with Gasteiger partial charge in [0.25, 0.3) is 5.91 Å². The number of sulfone groups is 1. The number of fused-ring (bicyclic) bond motifs is 1. The van der Waals surface area contributed by atoms with Crippen molar-refractivity contribution in [2.75, 3.05) is 16.4 Å². The summed E-state index contributed by atoms with van der Waals surface area (Å²) in [7, 11) is -3.09. The molecular weight excluding hydrogens is 380 g/mol. The van der Waals surface area contributed by atoms with E-state index in [2.05, 4.69) is 4.99 Å². The molecule has 0 bridgehead atoms. The molecular formula is C17H21ClN2O3S2. The number of amides is 1. The highest BCUT2D eigenvalue weighted by atomic mass is 35.5. The van der Waals surface area contributed by atoms with Crippen LogP contribution in [0.1, 0.15) is 26.3 Å². The molecule has 136 valence electrons. The second-order valence-corrected chi connectivity index (χ2v) is 11.3. The summed E-state index contributed by atoms with van der Waals surface area (Å²) in [6.07, 6.45) is 0. The number of halogens is 1. The Balaban J connectivity index is 2.09. The molecule has 0 unspecified atom stereocenters. The third-order valence-electron chi connectivity index (χ3n) is 4.34. The average molecular weight is 401 g/mol. The zero-order valence-corrected chi connectivity index (χ0v) is 17.0. The van der Waals surface area contributed by atoms with Crippen LogP contribution in [-0.2, 0) is 14.6 Å². The van der Waals surface area contributed by atoms with Crippen molar-refractivity contribution in [1.82, 2.24) is 0 Å². The summed E-state index contributed by atoms with van der Waals surface area (Å²) in [6.45, 7) is 7.40. The quantitative estimate of drug-likeness (QED) is 0.723. The Labute approximate surface area is 157 Å². The van der Waals surface area contributed by atoms with Crippen LogP contribution in [0.4, 0.5) is 5.69 Å². The maximum atomic E-state index is 12.4. The Morgan fingerprint density at radius 3 is 2.64 bits per heavy atom. The first kappa shape index (κ1) is 18.7. The summed E-state index contributed by atoms with van der Waals surface area (Å²) in [6, 6.07) is 5.27. The second kappa shape index (κ2) is 6.28. The molecule has 2 fully saturated rings. The minimum atomic E-state index is -3.09. The average Bonchev–Trinajstić information content (AvgIpc) is 2.92. The fourth-order valence-electron chi connectivity index (χ4n) is 2.94. The van der Waals surface area contributed by atoms with Gasteiger partial charge >= 0.3 is 0 Å². The van der Waals surface area contributed by atoms with Crippen LogP contribution in [0.5, 0.6) is 0 Å². The number of anilines is 1. The molecule has 0 N–H and O–H groups in total. The lowest BCUT2D eigenvalue weighted by Crippen LogP contribution is -2.38. The van der Waals surface area contributed by atoms with Crippen LogP contribution >= 0.6 is 23.4 Å². The molecule has 0 spiro atoms. The Hall–Kier alpha value is -1.05. The van der Waals surface area contributed by atoms with Crippen LogP contribution in [0.25, 0.3) is 0 Å². The summed E-state index contributed by atoms with van der Waals surface area (Å²) in [5.74, 6) is -0.0388. The van der Waals surface area contributed by atoms with E-state index in [0.29, 0.717) is 10.2 Å². The molecule has 0 radical (unpaired) electrons. The van der Waals surface area contributed by atoms with Gasteiger partial charge in [0, 0.05) is 21.4 Å². The molecule has 2 aliphatic rings. The maximum Gasteiger partial charge on any atom is 0.253 e. The van der Waals surface area contributed by atoms with E-state index in [9.17, 15) is 13.2 Å². The number of benzene rings is 1. The van der Waals surface area contributed by atoms with Gasteiger partial charge in [0.2, 0.25) is 0 Å². The van der Waals surface area contributed by atoms with Crippen molar-refractivity contribution in [2.24, 2.45) is 10.4 Å². The van der Waals surface area contributed by atoms with Crippen molar-refractivity contribution in [1.29, 1.82) is 0 Å². The SMILES string of the molecule is Cc1ccc(Cl)cc1N1C(=NC(=O)C(C)(C)C)S[C@@H]2CS(=O)(=O)C[C@@H]21. The number of nitrogens with zero attached hydrogens (tertiary/aromatic N) is 2. The van der Waals surface area contributed by atoms with E-state index in [1.165, 1.54) is 11.8 Å². The molecule has 2 atom stereocenters. The lowest BCUT2D eigenvalue weighted by atomic mass is 9.96. The lowest BCUT2D eigenvalue weighted by molar-refractivity contribution is -0.124. The van der Waals surface area contributed by atoms with Gasteiger partial charge in [-0.25, -0.2) is 8.42 Å². The molecule has 0 aliphatic carbocycles. The van der Waals surface area contributed by atoms with Crippen LogP contribution in [0.3, 0.4) is 0 Å². The van der Waals surface area contributed by atoms with Crippen LogP contribution in [0, 0.1) is 12.3 Å². The Morgan fingerprint density at radius 1 is 1.32 bits per heavy atom. The Bertz CT molecular complexity index is 859. The summed E-state index contributed by atoms with van der Waals surface area (Å²) in [5, 5.41) is 1.02. The number of amidine groups is 1. The molecule has 2 saturated heterocycles. The Morgan fingerprint density at radius 2 is 2.00 bits per heavy atom. The highest BCUT2D eigenvalue weighted by Crippen LogP contribution is 2.42. The lowest BCUT2D eigenvalue weighted by Gasteiger charge is -2.27. The van der Waals surface area contributed by atoms with Gasteiger partial charge in [-0.3, -0.25) is 4.79 Å². The first-order chi connectivity index (χ1) is 11.5. The van der Waals surface area contributed by atoms with Gasteiger partial charge in [0.15, 0.2) is 15.0 Å². The molecule has 8 heteroatoms. The van der Waals surface area contributed by atoms with Crippen molar-refractivity contribution in [3.63, 3.8) is 0 Å². The third-order valence-corrected chi connectivity index (χ3v) is 7.78. The van der Waals surface area contributed by atoms with Gasteiger partial charge in [0.1, 0.15) is 0 Å². The zero-order chi connectivity index (χ0) is 18.6. The molecule has 0 saturated carbocycles. The Kier molecular flexibility index (Phi) is 4.71. The number of aliphatic imine (C=N–C) groups is 1. The van der Waals surface area contributed by atoms with E-state index >= 15 is 0 Å². The molecule has 25 heavy (non-hydrogen) atoms. The maximum absolute atomic E-state index is 12.4. The van der Waals surface area contributed by atoms with Crippen LogP contribution < -0.4 is 4.90 Å². The number of thioether (sulfide) groups is 1. The number of hydrogen-bond acceptors (Lipinski definition) is 4. The van der Waals surface area contributed by atoms with Gasteiger partial charge in [-0.05, 0) is 24.6 Å². The molecule has 2 aliphatic heterocycles. The smallest absolute Gasteiger partial charge is 0.253 e. The third kappa shape index (κ3) is 3.73. The van der Waals surface area contributed by atoms with E-state index in [4.69, 9.17) is 11.6 Å². The highest BCUT2D eigenvalue weighted by molar-refractivity contribution is 8.16. The molecule has 1 aromatic rings. The summed E-state index contributed by atoms with van der Waals surface area (Å²) in [4.78, 5) is 18.7. The molecule has 1 amide bonds. The second-order valence-electron chi connectivity index (χ2n) is 7.55. The molecule has 2 heterocycles. The normalized spacial score (nSPS) is 26.9. The van der Waals surface area contributed by atoms with Crippen LogP contribution in [-0.4, -0.2) is 42.3 Å². The standard InChI is InChI=1S/C17H21ClN2O3S2/c1-10-5-6-11(18)7-12(10)20-13-8-25(22,23)9-14(13)24-16(20)19-15(21)17(2,3)4/h5-7,13-14H,8-9H2,1-4H3/t13-,14+/m0/s1. The fraction of sp³-hybridized carbons (Fsp3) is 0.529. The predicted molar refractivity (Wildman–Crippen MR) is 104 cm³/mol. The topological polar surface area (TPSA) is 66.8 Å². The van der Waals surface area contributed by atoms with Crippen molar-refractivity contribution < 1.29 is 13.2 Å². The van der Waals surface area contributed by atoms with Crippen molar-refractivity contribution >= 4 is 50.0 Å². The minimum absolute atomic E-state index is 0.0688. The van der Waals surface area contributed by atoms with E-state index in [0.717, 1.165) is 11.3 Å². The molecule has 3 rings (SSSR count). The van der Waals surface area contributed by atoms with Gasteiger partial charge in [-0.2, -0.15) is 4.99 Å².